The van der Waals surface area contributed by atoms with E-state index in [0.29, 0.717) is 5.69 Å². The van der Waals surface area contributed by atoms with Crippen LogP contribution >= 0.6 is 0 Å². The Bertz CT molecular complexity index is 620. The van der Waals surface area contributed by atoms with Crippen molar-refractivity contribution in [3.05, 3.63) is 35.4 Å². The van der Waals surface area contributed by atoms with E-state index < -0.39 is 6.43 Å². The topological polar surface area (TPSA) is 64.7 Å². The van der Waals surface area contributed by atoms with Gasteiger partial charge in [0.25, 0.3) is 6.43 Å². The van der Waals surface area contributed by atoms with Gasteiger partial charge < -0.3 is 5.32 Å². The first-order valence-electron chi connectivity index (χ1n) is 6.61. The van der Waals surface area contributed by atoms with E-state index in [4.69, 9.17) is 0 Å². The van der Waals surface area contributed by atoms with Crippen molar-refractivity contribution in [2.75, 3.05) is 0 Å². The Morgan fingerprint density at radius 3 is 2.81 bits per heavy atom. The molecule has 2 aromatic rings. The van der Waals surface area contributed by atoms with E-state index in [1.54, 1.807) is 17.7 Å². The number of aromatic nitrogens is 4. The summed E-state index contributed by atoms with van der Waals surface area (Å²) in [5.74, 6) is -0.383. The number of carbonyl (C=O) groups excluding carboxylic acids is 1. The van der Waals surface area contributed by atoms with Gasteiger partial charge in [0.05, 0.1) is 17.9 Å². The lowest BCUT2D eigenvalue weighted by molar-refractivity contribution is -0.122. The third kappa shape index (κ3) is 3.87. The summed E-state index contributed by atoms with van der Waals surface area (Å²) in [5.41, 5.74) is 0.925. The van der Waals surface area contributed by atoms with Gasteiger partial charge in [-0.05, 0) is 26.0 Å². The average molecular weight is 297 g/mol. The Hall–Kier alpha value is -2.25. The first-order valence-corrected chi connectivity index (χ1v) is 6.61. The van der Waals surface area contributed by atoms with Crippen LogP contribution in [0.2, 0.25) is 0 Å². The molecule has 21 heavy (non-hydrogen) atoms. The van der Waals surface area contributed by atoms with Crippen molar-refractivity contribution >= 4 is 5.91 Å². The van der Waals surface area contributed by atoms with E-state index in [1.165, 1.54) is 6.07 Å². The lowest BCUT2D eigenvalue weighted by Gasteiger charge is -2.07. The van der Waals surface area contributed by atoms with Crippen molar-refractivity contribution in [2.45, 2.75) is 39.9 Å². The lowest BCUT2D eigenvalue weighted by Crippen LogP contribution is -2.28. The third-order valence-corrected chi connectivity index (χ3v) is 2.94. The smallest absolute Gasteiger partial charge is 0.280 e. The summed E-state index contributed by atoms with van der Waals surface area (Å²) in [6, 6.07) is 3.08. The number of hydrogen-bond donors (Lipinski definition) is 1. The van der Waals surface area contributed by atoms with E-state index >= 15 is 0 Å². The largest absolute Gasteiger partial charge is 0.349 e. The molecule has 1 amide bonds. The molecule has 0 spiro atoms. The minimum Gasteiger partial charge on any atom is -0.349 e. The fourth-order valence-electron chi connectivity index (χ4n) is 1.92. The molecule has 0 aromatic carbocycles. The highest BCUT2D eigenvalue weighted by atomic mass is 19.3. The molecule has 0 fully saturated rings. The first kappa shape index (κ1) is 15.1. The average Bonchev–Trinajstić information content (AvgIpc) is 3.03. The Morgan fingerprint density at radius 1 is 1.43 bits per heavy atom. The van der Waals surface area contributed by atoms with Gasteiger partial charge in [0.15, 0.2) is 0 Å². The van der Waals surface area contributed by atoms with Crippen molar-refractivity contribution in [1.82, 2.24) is 24.9 Å². The summed E-state index contributed by atoms with van der Waals surface area (Å²) in [6.45, 7) is 4.34. The SMILES string of the molecule is CCn1ccc(CNC(=O)Cn2nc(C)cc2C(F)F)n1. The highest BCUT2D eigenvalue weighted by Gasteiger charge is 2.17. The summed E-state index contributed by atoms with van der Waals surface area (Å²) in [5, 5.41) is 10.8. The Labute approximate surface area is 120 Å². The molecule has 0 aliphatic heterocycles. The molecule has 0 unspecified atom stereocenters. The number of aryl methyl sites for hydroxylation is 2. The van der Waals surface area contributed by atoms with Crippen LogP contribution in [0.3, 0.4) is 0 Å². The van der Waals surface area contributed by atoms with Crippen molar-refractivity contribution in [3.8, 4) is 0 Å². The minimum absolute atomic E-state index is 0.234. The highest BCUT2D eigenvalue weighted by Crippen LogP contribution is 2.19. The van der Waals surface area contributed by atoms with Crippen LogP contribution in [0.25, 0.3) is 0 Å². The quantitative estimate of drug-likeness (QED) is 0.882. The molecule has 0 saturated carbocycles. The van der Waals surface area contributed by atoms with Crippen LogP contribution in [0.15, 0.2) is 18.3 Å². The van der Waals surface area contributed by atoms with Crippen molar-refractivity contribution < 1.29 is 13.6 Å². The normalized spacial score (nSPS) is 11.1. The Kier molecular flexibility index (Phi) is 4.66. The second kappa shape index (κ2) is 6.47. The predicted octanol–water partition coefficient (Wildman–Crippen LogP) is 1.66. The fraction of sp³-hybridized carbons (Fsp3) is 0.462. The zero-order valence-corrected chi connectivity index (χ0v) is 11.9. The van der Waals surface area contributed by atoms with Gasteiger partial charge in [-0.15, -0.1) is 0 Å². The third-order valence-electron chi connectivity index (χ3n) is 2.94. The van der Waals surface area contributed by atoms with Gasteiger partial charge >= 0.3 is 0 Å². The maximum Gasteiger partial charge on any atom is 0.280 e. The second-order valence-corrected chi connectivity index (χ2v) is 4.61. The molecule has 0 aliphatic carbocycles. The lowest BCUT2D eigenvalue weighted by atomic mass is 10.4. The van der Waals surface area contributed by atoms with Gasteiger partial charge in [0.2, 0.25) is 5.91 Å². The number of rotatable bonds is 6. The van der Waals surface area contributed by atoms with Gasteiger partial charge in [0, 0.05) is 12.7 Å². The van der Waals surface area contributed by atoms with Crippen molar-refractivity contribution in [1.29, 1.82) is 0 Å². The number of hydrogen-bond acceptors (Lipinski definition) is 3. The van der Waals surface area contributed by atoms with Gasteiger partial charge in [0.1, 0.15) is 12.2 Å². The van der Waals surface area contributed by atoms with Crippen molar-refractivity contribution in [3.63, 3.8) is 0 Å². The summed E-state index contributed by atoms with van der Waals surface area (Å²) < 4.78 is 28.3. The van der Waals surface area contributed by atoms with E-state index in [0.717, 1.165) is 16.9 Å². The highest BCUT2D eigenvalue weighted by molar-refractivity contribution is 5.75. The molecule has 0 atom stereocenters. The van der Waals surface area contributed by atoms with E-state index in [1.807, 2.05) is 13.1 Å². The zero-order valence-electron chi connectivity index (χ0n) is 11.9. The fourth-order valence-corrected chi connectivity index (χ4v) is 1.92. The summed E-state index contributed by atoms with van der Waals surface area (Å²) in [7, 11) is 0. The summed E-state index contributed by atoms with van der Waals surface area (Å²) >= 11 is 0. The first-order chi connectivity index (χ1) is 9.99. The molecular weight excluding hydrogens is 280 g/mol. The van der Waals surface area contributed by atoms with Gasteiger partial charge in [-0.3, -0.25) is 14.2 Å². The molecule has 114 valence electrons. The minimum atomic E-state index is -2.65. The molecule has 0 aliphatic rings. The molecule has 1 N–H and O–H groups in total. The number of nitrogens with zero attached hydrogens (tertiary/aromatic N) is 4. The van der Waals surface area contributed by atoms with Crippen LogP contribution in [0.4, 0.5) is 8.78 Å². The van der Waals surface area contributed by atoms with Crippen LogP contribution in [0.5, 0.6) is 0 Å². The van der Waals surface area contributed by atoms with Gasteiger partial charge in [-0.2, -0.15) is 10.2 Å². The van der Waals surface area contributed by atoms with Crippen LogP contribution in [0.1, 0.15) is 30.4 Å². The maximum absolute atomic E-state index is 12.8. The standard InChI is InChI=1S/C13H17F2N5O/c1-3-19-5-4-10(18-19)7-16-12(21)8-20-11(13(14)15)6-9(2)17-20/h4-6,13H,3,7-8H2,1-2H3,(H,16,21). The molecule has 8 heteroatoms. The van der Waals surface area contributed by atoms with Crippen LogP contribution in [0, 0.1) is 6.92 Å². The molecular formula is C13H17F2N5O. The number of carbonyl (C=O) groups is 1. The summed E-state index contributed by atoms with van der Waals surface area (Å²) in [6.07, 6.45) is -0.841. The monoisotopic (exact) mass is 297 g/mol. The molecule has 2 rings (SSSR count). The molecule has 0 bridgehead atoms. The van der Waals surface area contributed by atoms with E-state index in [-0.39, 0.29) is 24.7 Å². The van der Waals surface area contributed by atoms with Crippen LogP contribution < -0.4 is 5.32 Å². The van der Waals surface area contributed by atoms with E-state index in [9.17, 15) is 13.6 Å². The van der Waals surface area contributed by atoms with E-state index in [2.05, 4.69) is 15.5 Å². The number of nitrogens with one attached hydrogen (secondary N) is 1. The van der Waals surface area contributed by atoms with Crippen LogP contribution in [-0.2, 0) is 24.4 Å². The Morgan fingerprint density at radius 2 is 2.19 bits per heavy atom. The van der Waals surface area contributed by atoms with Crippen molar-refractivity contribution in [2.24, 2.45) is 0 Å². The van der Waals surface area contributed by atoms with Gasteiger partial charge in [-0.1, -0.05) is 0 Å². The molecule has 2 aromatic heterocycles. The summed E-state index contributed by atoms with van der Waals surface area (Å²) in [4.78, 5) is 11.8. The number of amides is 1. The van der Waals surface area contributed by atoms with Crippen LogP contribution in [-0.4, -0.2) is 25.5 Å². The maximum atomic E-state index is 12.8. The number of halogens is 2. The second-order valence-electron chi connectivity index (χ2n) is 4.61. The molecule has 0 saturated heterocycles. The number of alkyl halides is 2. The zero-order chi connectivity index (χ0) is 15.4. The predicted molar refractivity (Wildman–Crippen MR) is 71.7 cm³/mol. The Balaban J connectivity index is 1.92. The molecule has 6 nitrogen and oxygen atoms in total. The van der Waals surface area contributed by atoms with Gasteiger partial charge in [-0.25, -0.2) is 8.78 Å². The molecule has 0 radical (unpaired) electrons. The molecule has 2 heterocycles.